The lowest BCUT2D eigenvalue weighted by Gasteiger charge is -2.07. The quantitative estimate of drug-likeness (QED) is 0.652. The van der Waals surface area contributed by atoms with Gasteiger partial charge in [-0.05, 0) is 11.1 Å². The highest BCUT2D eigenvalue weighted by molar-refractivity contribution is 7.73. The van der Waals surface area contributed by atoms with Crippen LogP contribution in [-0.4, -0.2) is 19.1 Å². The van der Waals surface area contributed by atoms with Crippen molar-refractivity contribution in [3.8, 4) is 0 Å². The van der Waals surface area contributed by atoms with Crippen molar-refractivity contribution in [2.75, 3.05) is 0 Å². The number of carbonyl (C=O) groups excluding carboxylic acids is 1. The highest BCUT2D eigenvalue weighted by Gasteiger charge is 2.32. The third-order valence-electron chi connectivity index (χ3n) is 3.03. The van der Waals surface area contributed by atoms with E-state index in [0.717, 1.165) is 11.1 Å². The van der Waals surface area contributed by atoms with Crippen molar-refractivity contribution in [1.82, 2.24) is 0 Å². The van der Waals surface area contributed by atoms with E-state index in [4.69, 9.17) is 0 Å². The van der Waals surface area contributed by atoms with Gasteiger partial charge in [-0.25, -0.2) is 0 Å². The Kier molecular flexibility index (Phi) is 2.12. The molecule has 2 aliphatic rings. The lowest BCUT2D eigenvalue weighted by molar-refractivity contribution is 0.104. The second kappa shape index (κ2) is 3.53. The zero-order chi connectivity index (χ0) is 12.0. The average Bonchev–Trinajstić information content (AvgIpc) is 2.64. The van der Waals surface area contributed by atoms with Gasteiger partial charge in [0.2, 0.25) is 10.3 Å². The van der Waals surface area contributed by atoms with Crippen LogP contribution < -0.4 is 0 Å². The molecule has 0 spiro atoms. The first kappa shape index (κ1) is 10.2. The summed E-state index contributed by atoms with van der Waals surface area (Å²) in [6.07, 6.45) is 3.91. The van der Waals surface area contributed by atoms with Gasteiger partial charge >= 0.3 is 0 Å². The van der Waals surface area contributed by atoms with Crippen LogP contribution in [0.3, 0.4) is 0 Å². The van der Waals surface area contributed by atoms with Crippen LogP contribution in [0.1, 0.15) is 22.3 Å². The Balaban J connectivity index is 2.38. The summed E-state index contributed by atoms with van der Waals surface area (Å²) in [5, 5.41) is 0. The van der Waals surface area contributed by atoms with Gasteiger partial charge < -0.3 is 0 Å². The third kappa shape index (κ3) is 1.34. The average molecular weight is 244 g/mol. The fraction of sp³-hybridized carbons (Fsp3) is 0.0769. The van der Waals surface area contributed by atoms with Crippen LogP contribution in [-0.2, 0) is 10.3 Å². The lowest BCUT2D eigenvalue weighted by Crippen LogP contribution is -2.12. The van der Waals surface area contributed by atoms with Gasteiger partial charge in [0.05, 0.1) is 4.86 Å². The molecule has 0 saturated heterocycles. The zero-order valence-electron chi connectivity index (χ0n) is 8.80. The molecule has 0 heterocycles. The first-order valence-electron chi connectivity index (χ1n) is 5.20. The Bertz CT molecular complexity index is 726. The van der Waals surface area contributed by atoms with E-state index in [1.54, 1.807) is 18.2 Å². The molecule has 0 fully saturated rings. The maximum absolute atomic E-state index is 12.2. The van der Waals surface area contributed by atoms with Crippen LogP contribution in [0.2, 0.25) is 0 Å². The summed E-state index contributed by atoms with van der Waals surface area (Å²) in [4.78, 5) is 12.4. The van der Waals surface area contributed by atoms with Crippen molar-refractivity contribution in [2.24, 2.45) is 0 Å². The largest absolute Gasteiger partial charge is 0.289 e. The van der Waals surface area contributed by atoms with Crippen LogP contribution in [0.25, 0.3) is 5.57 Å². The van der Waals surface area contributed by atoms with Crippen molar-refractivity contribution < 1.29 is 13.2 Å². The van der Waals surface area contributed by atoms with Gasteiger partial charge in [0.15, 0.2) is 5.78 Å². The first-order chi connectivity index (χ1) is 8.20. The molecule has 1 aromatic carbocycles. The Morgan fingerprint density at radius 2 is 1.76 bits per heavy atom. The van der Waals surface area contributed by atoms with Gasteiger partial charge in [0, 0.05) is 17.6 Å². The van der Waals surface area contributed by atoms with Crippen molar-refractivity contribution in [2.45, 2.75) is 6.42 Å². The number of benzene rings is 1. The minimum atomic E-state index is -2.33. The molecule has 0 atom stereocenters. The summed E-state index contributed by atoms with van der Waals surface area (Å²) >= 11 is 0. The first-order valence-corrected chi connectivity index (χ1v) is 6.28. The molecule has 0 amide bonds. The fourth-order valence-electron chi connectivity index (χ4n) is 2.29. The third-order valence-corrected chi connectivity index (χ3v) is 3.80. The van der Waals surface area contributed by atoms with E-state index < -0.39 is 10.3 Å². The Morgan fingerprint density at radius 3 is 2.47 bits per heavy atom. The molecular weight excluding hydrogens is 236 g/mol. The number of carbonyl (C=O) groups is 1. The molecule has 0 saturated carbocycles. The summed E-state index contributed by atoms with van der Waals surface area (Å²) < 4.78 is 22.3. The van der Waals surface area contributed by atoms with Crippen LogP contribution in [0.5, 0.6) is 0 Å². The van der Waals surface area contributed by atoms with E-state index >= 15 is 0 Å². The smallest absolute Gasteiger partial charge is 0.218 e. The number of Topliss-reactive ketones (excluding diaryl/α,β-unsaturated/α-hetero) is 1. The zero-order valence-corrected chi connectivity index (χ0v) is 9.62. The van der Waals surface area contributed by atoms with Gasteiger partial charge in [-0.15, -0.1) is 0 Å². The van der Waals surface area contributed by atoms with Gasteiger partial charge in [0.1, 0.15) is 0 Å². The maximum Gasteiger partial charge on any atom is 0.218 e. The Morgan fingerprint density at radius 1 is 1.06 bits per heavy atom. The minimum absolute atomic E-state index is 0.181. The van der Waals surface area contributed by atoms with Crippen LogP contribution in [0.4, 0.5) is 0 Å². The molecule has 84 valence electrons. The predicted octanol–water partition coefficient (Wildman–Crippen LogP) is 1.65. The Labute approximate surface area is 99.6 Å². The minimum Gasteiger partial charge on any atom is -0.289 e. The standard InChI is InChI=1S/C13H8O3S/c14-13-10-5-2-1-4-8(10)9-6-3-7-11(12(9)13)17(15)16/h1-6H,7H2. The van der Waals surface area contributed by atoms with Gasteiger partial charge in [-0.3, -0.25) is 4.79 Å². The normalized spacial score (nSPS) is 17.2. The number of hydrogen-bond donors (Lipinski definition) is 0. The highest BCUT2D eigenvalue weighted by Crippen LogP contribution is 2.36. The molecule has 2 aliphatic carbocycles. The van der Waals surface area contributed by atoms with Crippen LogP contribution in [0, 0.1) is 0 Å². The lowest BCUT2D eigenvalue weighted by atomic mass is 9.97. The molecule has 3 nitrogen and oxygen atoms in total. The summed E-state index contributed by atoms with van der Waals surface area (Å²) in [6.45, 7) is 0. The molecule has 0 radical (unpaired) electrons. The van der Waals surface area contributed by atoms with Gasteiger partial charge in [0.25, 0.3) is 0 Å². The highest BCUT2D eigenvalue weighted by atomic mass is 32.2. The summed E-state index contributed by atoms with van der Waals surface area (Å²) in [5.74, 6) is -0.181. The second-order valence-corrected chi connectivity index (χ2v) is 4.89. The van der Waals surface area contributed by atoms with E-state index in [0.29, 0.717) is 17.6 Å². The Hall–Kier alpha value is -1.94. The summed E-state index contributed by atoms with van der Waals surface area (Å²) in [5.41, 5.74) is 2.50. The summed E-state index contributed by atoms with van der Waals surface area (Å²) in [7, 11) is -2.33. The van der Waals surface area contributed by atoms with E-state index in [2.05, 4.69) is 0 Å². The van der Waals surface area contributed by atoms with Crippen molar-refractivity contribution in [3.63, 3.8) is 0 Å². The van der Waals surface area contributed by atoms with Crippen LogP contribution >= 0.6 is 0 Å². The molecule has 17 heavy (non-hydrogen) atoms. The van der Waals surface area contributed by atoms with E-state index in [9.17, 15) is 13.2 Å². The molecule has 0 bridgehead atoms. The van der Waals surface area contributed by atoms with Crippen molar-refractivity contribution in [3.05, 3.63) is 53.1 Å². The van der Waals surface area contributed by atoms with E-state index in [1.807, 2.05) is 18.2 Å². The monoisotopic (exact) mass is 244 g/mol. The molecule has 3 rings (SSSR count). The molecule has 0 unspecified atom stereocenters. The number of fused-ring (bicyclic) bond motifs is 2. The van der Waals surface area contributed by atoms with E-state index in [1.165, 1.54) is 0 Å². The SMILES string of the molecule is O=C1C2=C(C=CCC2=S(=O)=O)c2ccccc21. The number of hydrogen-bond acceptors (Lipinski definition) is 3. The van der Waals surface area contributed by atoms with E-state index in [-0.39, 0.29) is 10.6 Å². The van der Waals surface area contributed by atoms with Crippen LogP contribution in [0.15, 0.2) is 42.0 Å². The van der Waals surface area contributed by atoms with Crippen molar-refractivity contribution >= 4 is 26.5 Å². The maximum atomic E-state index is 12.2. The summed E-state index contributed by atoms with van der Waals surface area (Å²) in [6, 6.07) is 7.21. The second-order valence-electron chi connectivity index (χ2n) is 3.93. The molecule has 0 N–H and O–H groups in total. The molecule has 1 aromatic rings. The predicted molar refractivity (Wildman–Crippen MR) is 65.4 cm³/mol. The number of rotatable bonds is 0. The molecule has 4 heteroatoms. The molecule has 0 aliphatic heterocycles. The topological polar surface area (TPSA) is 51.2 Å². The number of allylic oxidation sites excluding steroid dienone is 4. The fourth-order valence-corrected chi connectivity index (χ4v) is 2.90. The van der Waals surface area contributed by atoms with Crippen molar-refractivity contribution in [1.29, 1.82) is 0 Å². The van der Waals surface area contributed by atoms with Gasteiger partial charge in [-0.1, -0.05) is 36.4 Å². The van der Waals surface area contributed by atoms with Gasteiger partial charge in [-0.2, -0.15) is 8.42 Å². The number of ketones is 1. The molecule has 0 aromatic heterocycles. The molecular formula is C13H8O3S.